The van der Waals surface area contributed by atoms with Gasteiger partial charge in [0.15, 0.2) is 0 Å². The van der Waals surface area contributed by atoms with Crippen LogP contribution >= 0.6 is 21.6 Å². The van der Waals surface area contributed by atoms with Crippen molar-refractivity contribution < 1.29 is 57.2 Å². The van der Waals surface area contributed by atoms with E-state index in [-0.39, 0.29) is 73.3 Å². The summed E-state index contributed by atoms with van der Waals surface area (Å²) in [5.41, 5.74) is -0.0182. The molecule has 0 fully saturated rings. The second-order valence-electron chi connectivity index (χ2n) is 21.1. The van der Waals surface area contributed by atoms with Crippen molar-refractivity contribution in [2.45, 2.75) is 66.7 Å². The highest BCUT2D eigenvalue weighted by molar-refractivity contribution is 8.76. The number of imidazole rings is 2. The van der Waals surface area contributed by atoms with Crippen molar-refractivity contribution in [3.63, 3.8) is 0 Å². The van der Waals surface area contributed by atoms with E-state index in [1.807, 2.05) is 102 Å². The third-order valence-electron chi connectivity index (χ3n) is 12.8. The zero-order valence-electron chi connectivity index (χ0n) is 44.2. The minimum Gasteiger partial charge on any atom is -0.465 e. The van der Waals surface area contributed by atoms with Crippen LogP contribution in [0.2, 0.25) is 0 Å². The van der Waals surface area contributed by atoms with Crippen LogP contribution in [-0.4, -0.2) is 124 Å². The van der Waals surface area contributed by atoms with Gasteiger partial charge < -0.3 is 50.0 Å². The molecule has 4 aromatic carbocycles. The molecule has 6 aromatic rings. The van der Waals surface area contributed by atoms with Gasteiger partial charge in [0.25, 0.3) is 0 Å². The fourth-order valence-corrected chi connectivity index (χ4v) is 12.0. The highest BCUT2D eigenvalue weighted by Crippen LogP contribution is 2.42. The Morgan fingerprint density at radius 2 is 0.936 bits per heavy atom. The molecular weight excluding hydrogens is 1050 g/mol. The number of hydrogen-bond donors (Lipinski definition) is 6. The van der Waals surface area contributed by atoms with Crippen LogP contribution in [0.4, 0.5) is 27.2 Å². The minimum atomic E-state index is -1.33. The van der Waals surface area contributed by atoms with Crippen molar-refractivity contribution in [3.8, 4) is 22.5 Å². The van der Waals surface area contributed by atoms with E-state index in [1.54, 1.807) is 21.5 Å². The molecular formula is C56H66F4N8O8S2. The van der Waals surface area contributed by atoms with Crippen LogP contribution in [0.15, 0.2) is 109 Å². The number of nitrogens with one attached hydrogen (secondary N) is 2. The van der Waals surface area contributed by atoms with Gasteiger partial charge >= 0.3 is 12.2 Å². The van der Waals surface area contributed by atoms with E-state index in [2.05, 4.69) is 10.6 Å². The van der Waals surface area contributed by atoms with Crippen molar-refractivity contribution in [1.82, 2.24) is 39.5 Å². The van der Waals surface area contributed by atoms with Gasteiger partial charge in [0.1, 0.15) is 48.1 Å². The molecule has 0 bridgehead atoms. The minimum absolute atomic E-state index is 0.0982. The van der Waals surface area contributed by atoms with Gasteiger partial charge in [0.2, 0.25) is 11.8 Å². The Bertz CT molecular complexity index is 2790. The lowest BCUT2D eigenvalue weighted by atomic mass is 9.84. The first kappa shape index (κ1) is 60.4. The first-order chi connectivity index (χ1) is 37.0. The summed E-state index contributed by atoms with van der Waals surface area (Å²) in [5, 5.41) is 45.4. The number of halogens is 4. The quantitative estimate of drug-likeness (QED) is 0.0180. The van der Waals surface area contributed by atoms with Crippen LogP contribution in [-0.2, 0) is 22.7 Å². The van der Waals surface area contributed by atoms with E-state index < -0.39 is 95.2 Å². The fraction of sp³-hybridized carbons (Fsp3) is 0.393. The maximum absolute atomic E-state index is 15.4. The molecule has 78 heavy (non-hydrogen) atoms. The largest absolute Gasteiger partial charge is 0.465 e. The Balaban J connectivity index is 1.31. The van der Waals surface area contributed by atoms with E-state index in [4.69, 9.17) is 9.97 Å². The topological polar surface area (TPSA) is 215 Å². The number of amides is 4. The number of aliphatic hydroxyl groups is 2. The summed E-state index contributed by atoms with van der Waals surface area (Å²) in [5.74, 6) is -4.54. The van der Waals surface area contributed by atoms with E-state index in [0.29, 0.717) is 11.6 Å². The molecule has 0 spiro atoms. The van der Waals surface area contributed by atoms with Gasteiger partial charge in [-0.1, -0.05) is 124 Å². The van der Waals surface area contributed by atoms with Crippen molar-refractivity contribution in [2.24, 2.45) is 22.7 Å². The van der Waals surface area contributed by atoms with Crippen molar-refractivity contribution in [3.05, 3.63) is 156 Å². The molecule has 4 atom stereocenters. The third-order valence-corrected chi connectivity index (χ3v) is 15.5. The number of aromatic nitrogens is 4. The van der Waals surface area contributed by atoms with Gasteiger partial charge in [-0.3, -0.25) is 9.59 Å². The number of rotatable bonds is 25. The molecule has 4 amide bonds. The standard InChI is InChI=1S/C56H66F4N8O8S2/c1-55(2,3)49(51-63-45(41-21-39(57)17-19-43(41)59)29-65(51)25-35-13-9-7-10-14-35)67(47(71)31-69)27-37(23-61-53(73)74)33-77-78-34-38(24-62-54(75)76)28-68(48(72)32-70)50(56(4,5)6)52-64-46(42-22-40(58)18-20-44(42)60)30-66(52)26-36-15-11-8-12-16-36/h7-22,29-30,37-38,49-50,61-62,69-70H,23-28,31-34H2,1-6H3,(H,73,74)(H,75,76)/t37?,38?,49-,50-/m0/s1. The average molecular weight is 1120 g/mol. The molecule has 22 heteroatoms. The summed E-state index contributed by atoms with van der Waals surface area (Å²) in [4.78, 5) is 64.8. The fourth-order valence-electron chi connectivity index (χ4n) is 9.29. The lowest BCUT2D eigenvalue weighted by Crippen LogP contribution is -2.48. The predicted octanol–water partition coefficient (Wildman–Crippen LogP) is 9.73. The Morgan fingerprint density at radius 3 is 1.26 bits per heavy atom. The van der Waals surface area contributed by atoms with E-state index in [9.17, 15) is 48.4 Å². The molecule has 2 heterocycles. The molecule has 0 saturated carbocycles. The van der Waals surface area contributed by atoms with Crippen LogP contribution in [0, 0.1) is 45.9 Å². The molecule has 6 rings (SSSR count). The Kier molecular flexibility index (Phi) is 21.0. The van der Waals surface area contributed by atoms with Gasteiger partial charge in [-0.15, -0.1) is 0 Å². The van der Waals surface area contributed by atoms with Crippen LogP contribution in [0.1, 0.15) is 76.4 Å². The van der Waals surface area contributed by atoms with Crippen molar-refractivity contribution in [2.75, 3.05) is 50.9 Å². The SMILES string of the molecule is CC(C)(C)[C@H](c1nc(-c2cc(F)ccc2F)cn1Cc1ccccc1)N(CC(CNC(=O)O)CSSCC(CNC(=O)O)CN(C(=O)CO)[C@@H](c1nc(-c2cc(F)ccc2F)cn1Cc1ccccc1)C(C)(C)C)C(=O)CO. The normalized spacial score (nSPS) is 13.3. The highest BCUT2D eigenvalue weighted by atomic mass is 33.1. The molecule has 0 aliphatic rings. The zero-order chi connectivity index (χ0) is 56.9. The Labute approximate surface area is 458 Å². The first-order valence-corrected chi connectivity index (χ1v) is 27.6. The molecule has 0 aliphatic carbocycles. The van der Waals surface area contributed by atoms with E-state index >= 15 is 8.78 Å². The van der Waals surface area contributed by atoms with Crippen molar-refractivity contribution in [1.29, 1.82) is 0 Å². The van der Waals surface area contributed by atoms with Crippen LogP contribution in [0.3, 0.4) is 0 Å². The summed E-state index contributed by atoms with van der Waals surface area (Å²) >= 11 is 0. The smallest absolute Gasteiger partial charge is 0.404 e. The number of carbonyl (C=O) groups excluding carboxylic acids is 2. The molecule has 0 aliphatic heterocycles. The second-order valence-corrected chi connectivity index (χ2v) is 23.6. The maximum atomic E-state index is 15.4. The lowest BCUT2D eigenvalue weighted by Gasteiger charge is -2.41. The maximum Gasteiger partial charge on any atom is 0.404 e. The van der Waals surface area contributed by atoms with Gasteiger partial charge in [0.05, 0.1) is 23.5 Å². The molecule has 418 valence electrons. The number of carboxylic acid groups (broad SMARTS) is 2. The van der Waals surface area contributed by atoms with Crippen LogP contribution in [0.5, 0.6) is 0 Å². The Morgan fingerprint density at radius 1 is 0.577 bits per heavy atom. The van der Waals surface area contributed by atoms with Crippen LogP contribution in [0.25, 0.3) is 22.5 Å². The number of carbonyl (C=O) groups is 4. The predicted molar refractivity (Wildman–Crippen MR) is 292 cm³/mol. The molecule has 0 radical (unpaired) electrons. The summed E-state index contributed by atoms with van der Waals surface area (Å²) in [7, 11) is 2.59. The monoisotopic (exact) mass is 1120 g/mol. The van der Waals surface area contributed by atoms with Crippen LogP contribution < -0.4 is 10.6 Å². The third kappa shape index (κ3) is 16.3. The highest BCUT2D eigenvalue weighted by Gasteiger charge is 2.41. The molecule has 6 N–H and O–H groups in total. The van der Waals surface area contributed by atoms with Crippen molar-refractivity contribution >= 4 is 45.6 Å². The summed E-state index contributed by atoms with van der Waals surface area (Å²) in [6.45, 7) is 9.17. The number of nitrogens with zero attached hydrogens (tertiary/aromatic N) is 6. The Hall–Kier alpha value is -6.88. The van der Waals surface area contributed by atoms with Gasteiger partial charge in [-0.25, -0.2) is 37.1 Å². The number of hydrogen-bond acceptors (Lipinski definition) is 10. The molecule has 0 saturated heterocycles. The number of aliphatic hydroxyl groups excluding tert-OH is 2. The average Bonchev–Trinajstić information content (AvgIpc) is 4.07. The first-order valence-electron chi connectivity index (χ1n) is 25.1. The summed E-state index contributed by atoms with van der Waals surface area (Å²) in [6.07, 6.45) is 0.499. The molecule has 2 aromatic heterocycles. The summed E-state index contributed by atoms with van der Waals surface area (Å²) in [6, 6.07) is 22.8. The lowest BCUT2D eigenvalue weighted by molar-refractivity contribution is -0.141. The van der Waals surface area contributed by atoms with Gasteiger partial charge in [0, 0.05) is 86.1 Å². The van der Waals surface area contributed by atoms with Gasteiger partial charge in [-0.2, -0.15) is 0 Å². The van der Waals surface area contributed by atoms with E-state index in [0.717, 1.165) is 47.5 Å². The van der Waals surface area contributed by atoms with Gasteiger partial charge in [-0.05, 0) is 58.4 Å². The second kappa shape index (κ2) is 27.1. The number of benzene rings is 4. The summed E-state index contributed by atoms with van der Waals surface area (Å²) < 4.78 is 63.5. The molecule has 2 unspecified atom stereocenters. The van der Waals surface area contributed by atoms with E-state index in [1.165, 1.54) is 31.4 Å². The molecule has 16 nitrogen and oxygen atoms in total. The zero-order valence-corrected chi connectivity index (χ0v) is 45.8.